The van der Waals surface area contributed by atoms with Crippen molar-refractivity contribution in [3.05, 3.63) is 34.3 Å². The maximum Gasteiger partial charge on any atom is 0.151 e. The number of benzene rings is 1. The first-order chi connectivity index (χ1) is 4.74. The molecule has 0 aliphatic rings. The van der Waals surface area contributed by atoms with Gasteiger partial charge in [0.2, 0.25) is 0 Å². The highest BCUT2D eigenvalue weighted by molar-refractivity contribution is 6.33. The molecular weight excluding hydrogens is 148 g/mol. The van der Waals surface area contributed by atoms with Crippen molar-refractivity contribution >= 4 is 17.9 Å². The number of rotatable bonds is 1. The Balaban J connectivity index is 3.19. The standard InChI is InChI=1S/C8H7ClO/c1-6-2-3-7(5-10)8(9)4-6/h2-5H,1H3. The third-order valence-corrected chi connectivity index (χ3v) is 1.61. The zero-order valence-corrected chi connectivity index (χ0v) is 6.35. The number of carbonyl (C=O) groups is 1. The predicted molar refractivity (Wildman–Crippen MR) is 41.6 cm³/mol. The van der Waals surface area contributed by atoms with Gasteiger partial charge in [-0.15, -0.1) is 0 Å². The first-order valence-electron chi connectivity index (χ1n) is 2.95. The molecule has 0 saturated heterocycles. The van der Waals surface area contributed by atoms with E-state index in [1.165, 1.54) is 0 Å². The molecule has 1 nitrogen and oxygen atoms in total. The molecule has 1 aromatic rings. The highest BCUT2D eigenvalue weighted by Gasteiger charge is 1.96. The molecule has 0 bridgehead atoms. The highest BCUT2D eigenvalue weighted by Crippen LogP contribution is 2.14. The second-order valence-corrected chi connectivity index (χ2v) is 2.55. The van der Waals surface area contributed by atoms with Crippen LogP contribution in [0.5, 0.6) is 0 Å². The molecule has 0 radical (unpaired) electrons. The molecule has 0 aliphatic heterocycles. The number of halogens is 1. The predicted octanol–water partition coefficient (Wildman–Crippen LogP) is 2.46. The van der Waals surface area contributed by atoms with Gasteiger partial charge in [-0.05, 0) is 24.6 Å². The smallest absolute Gasteiger partial charge is 0.151 e. The minimum atomic E-state index is 0.523. The van der Waals surface area contributed by atoms with Crippen LogP contribution in [0.1, 0.15) is 15.9 Å². The van der Waals surface area contributed by atoms with E-state index in [1.807, 2.05) is 13.0 Å². The molecule has 0 unspecified atom stereocenters. The summed E-state index contributed by atoms with van der Waals surface area (Å²) in [5.74, 6) is 0. The molecular formula is C8H7ClO. The van der Waals surface area contributed by atoms with Crippen molar-refractivity contribution in [1.29, 1.82) is 0 Å². The Hall–Kier alpha value is -0.820. The van der Waals surface area contributed by atoms with Crippen molar-refractivity contribution < 1.29 is 4.79 Å². The fourth-order valence-corrected chi connectivity index (χ4v) is 1.01. The van der Waals surface area contributed by atoms with Crippen LogP contribution in [-0.2, 0) is 0 Å². The van der Waals surface area contributed by atoms with Crippen LogP contribution in [0.4, 0.5) is 0 Å². The molecule has 0 aliphatic carbocycles. The van der Waals surface area contributed by atoms with Gasteiger partial charge in [-0.3, -0.25) is 4.79 Å². The summed E-state index contributed by atoms with van der Waals surface area (Å²) in [5, 5.41) is 0.523. The van der Waals surface area contributed by atoms with Gasteiger partial charge >= 0.3 is 0 Å². The van der Waals surface area contributed by atoms with Crippen molar-refractivity contribution in [2.75, 3.05) is 0 Å². The Morgan fingerprint density at radius 2 is 2.20 bits per heavy atom. The number of hydrogen-bond donors (Lipinski definition) is 0. The number of carbonyl (C=O) groups excluding carboxylic acids is 1. The Morgan fingerprint density at radius 1 is 1.50 bits per heavy atom. The van der Waals surface area contributed by atoms with E-state index in [0.29, 0.717) is 10.6 Å². The summed E-state index contributed by atoms with van der Waals surface area (Å²) in [6, 6.07) is 5.34. The van der Waals surface area contributed by atoms with E-state index < -0.39 is 0 Å². The van der Waals surface area contributed by atoms with Gasteiger partial charge < -0.3 is 0 Å². The molecule has 1 rings (SSSR count). The SMILES string of the molecule is Cc1ccc(C=O)c(Cl)c1. The third kappa shape index (κ3) is 1.36. The molecule has 52 valence electrons. The average molecular weight is 155 g/mol. The number of aldehydes is 1. The highest BCUT2D eigenvalue weighted by atomic mass is 35.5. The average Bonchev–Trinajstić information content (AvgIpc) is 1.88. The van der Waals surface area contributed by atoms with Crippen LogP contribution >= 0.6 is 11.6 Å². The van der Waals surface area contributed by atoms with Crippen LogP contribution in [0.15, 0.2) is 18.2 Å². The van der Waals surface area contributed by atoms with Crippen molar-refractivity contribution in [1.82, 2.24) is 0 Å². The van der Waals surface area contributed by atoms with Crippen LogP contribution in [-0.4, -0.2) is 6.29 Å². The Kier molecular flexibility index (Phi) is 2.07. The molecule has 0 saturated carbocycles. The molecule has 0 atom stereocenters. The van der Waals surface area contributed by atoms with E-state index in [-0.39, 0.29) is 0 Å². The Labute approximate surface area is 64.6 Å². The zero-order chi connectivity index (χ0) is 7.56. The van der Waals surface area contributed by atoms with Crippen LogP contribution in [0.2, 0.25) is 5.02 Å². The topological polar surface area (TPSA) is 17.1 Å². The lowest BCUT2D eigenvalue weighted by molar-refractivity contribution is 0.112. The van der Waals surface area contributed by atoms with Crippen molar-refractivity contribution in [2.45, 2.75) is 6.92 Å². The second kappa shape index (κ2) is 2.84. The second-order valence-electron chi connectivity index (χ2n) is 2.14. The summed E-state index contributed by atoms with van der Waals surface area (Å²) in [4.78, 5) is 10.3. The Bertz CT molecular complexity index is 255. The van der Waals surface area contributed by atoms with Crippen molar-refractivity contribution in [2.24, 2.45) is 0 Å². The van der Waals surface area contributed by atoms with E-state index in [1.54, 1.807) is 12.1 Å². The molecule has 1 aromatic carbocycles. The first-order valence-corrected chi connectivity index (χ1v) is 3.33. The molecule has 0 heterocycles. The summed E-state index contributed by atoms with van der Waals surface area (Å²) in [6.45, 7) is 1.93. The van der Waals surface area contributed by atoms with Gasteiger partial charge in [0.15, 0.2) is 6.29 Å². The molecule has 0 amide bonds. The molecule has 2 heteroatoms. The lowest BCUT2D eigenvalue weighted by atomic mass is 10.2. The van der Waals surface area contributed by atoms with Gasteiger partial charge in [0.1, 0.15) is 0 Å². The number of aryl methyl sites for hydroxylation is 1. The number of hydrogen-bond acceptors (Lipinski definition) is 1. The molecule has 0 N–H and O–H groups in total. The molecule has 0 spiro atoms. The van der Waals surface area contributed by atoms with Gasteiger partial charge in [0, 0.05) is 5.56 Å². The normalized spacial score (nSPS) is 9.40. The van der Waals surface area contributed by atoms with Gasteiger partial charge in [0.05, 0.1) is 5.02 Å². The van der Waals surface area contributed by atoms with Crippen molar-refractivity contribution in [3.63, 3.8) is 0 Å². The first kappa shape index (κ1) is 7.29. The molecule has 0 aromatic heterocycles. The van der Waals surface area contributed by atoms with Crippen LogP contribution in [0.25, 0.3) is 0 Å². The minimum Gasteiger partial charge on any atom is -0.298 e. The maximum atomic E-state index is 10.3. The summed E-state index contributed by atoms with van der Waals surface area (Å²) in [6.07, 6.45) is 0.752. The third-order valence-electron chi connectivity index (χ3n) is 1.28. The maximum absolute atomic E-state index is 10.3. The van der Waals surface area contributed by atoms with Gasteiger partial charge in [-0.2, -0.15) is 0 Å². The molecule has 10 heavy (non-hydrogen) atoms. The monoisotopic (exact) mass is 154 g/mol. The van der Waals surface area contributed by atoms with Gasteiger partial charge in [0.25, 0.3) is 0 Å². The minimum absolute atomic E-state index is 0.523. The summed E-state index contributed by atoms with van der Waals surface area (Å²) >= 11 is 5.70. The summed E-state index contributed by atoms with van der Waals surface area (Å²) in [5.41, 5.74) is 1.61. The van der Waals surface area contributed by atoms with E-state index in [0.717, 1.165) is 11.8 Å². The lowest BCUT2D eigenvalue weighted by Gasteiger charge is -1.95. The van der Waals surface area contributed by atoms with E-state index >= 15 is 0 Å². The quantitative estimate of drug-likeness (QED) is 0.568. The molecule has 0 fully saturated rings. The van der Waals surface area contributed by atoms with Crippen LogP contribution < -0.4 is 0 Å². The fourth-order valence-electron chi connectivity index (χ4n) is 0.728. The fraction of sp³-hybridized carbons (Fsp3) is 0.125. The van der Waals surface area contributed by atoms with Crippen LogP contribution in [0, 0.1) is 6.92 Å². The largest absolute Gasteiger partial charge is 0.298 e. The van der Waals surface area contributed by atoms with E-state index in [9.17, 15) is 4.79 Å². The zero-order valence-electron chi connectivity index (χ0n) is 5.60. The van der Waals surface area contributed by atoms with E-state index in [4.69, 9.17) is 11.6 Å². The van der Waals surface area contributed by atoms with Gasteiger partial charge in [-0.1, -0.05) is 17.7 Å². The summed E-state index contributed by atoms with van der Waals surface area (Å²) < 4.78 is 0. The Morgan fingerprint density at radius 3 is 2.70 bits per heavy atom. The van der Waals surface area contributed by atoms with Gasteiger partial charge in [-0.25, -0.2) is 0 Å². The lowest BCUT2D eigenvalue weighted by Crippen LogP contribution is -1.81. The summed E-state index contributed by atoms with van der Waals surface area (Å²) in [7, 11) is 0. The van der Waals surface area contributed by atoms with E-state index in [2.05, 4.69) is 0 Å². The van der Waals surface area contributed by atoms with Crippen LogP contribution in [0.3, 0.4) is 0 Å². The van der Waals surface area contributed by atoms with Crippen molar-refractivity contribution in [3.8, 4) is 0 Å².